The second-order valence-corrected chi connectivity index (χ2v) is 7.92. The maximum atomic E-state index is 12.4. The Kier molecular flexibility index (Phi) is 5.37. The third kappa shape index (κ3) is 3.84. The molecular formula is C23H21N3O3S. The maximum Gasteiger partial charge on any atom is 0.265 e. The van der Waals surface area contributed by atoms with Crippen LogP contribution in [0.5, 0.6) is 5.75 Å². The molecule has 0 radical (unpaired) electrons. The molecule has 0 aliphatic carbocycles. The Morgan fingerprint density at radius 1 is 1.13 bits per heavy atom. The zero-order valence-electron chi connectivity index (χ0n) is 17.2. The SMILES string of the molecule is COc1ccc2oc(-c3ccccc3)cc(=Nc3nc(C)c(C(=O)N(C)C)s3)c2c1. The molecule has 0 aliphatic heterocycles. The Balaban J connectivity index is 1.94. The summed E-state index contributed by atoms with van der Waals surface area (Å²) in [6.07, 6.45) is 0. The van der Waals surface area contributed by atoms with Crippen molar-refractivity contribution in [2.45, 2.75) is 6.92 Å². The molecule has 4 rings (SSSR count). The average Bonchev–Trinajstić information content (AvgIpc) is 3.13. The van der Waals surface area contributed by atoms with Crippen LogP contribution < -0.4 is 10.1 Å². The quantitative estimate of drug-likeness (QED) is 0.476. The van der Waals surface area contributed by atoms with E-state index in [-0.39, 0.29) is 5.91 Å². The molecule has 2 aromatic carbocycles. The summed E-state index contributed by atoms with van der Waals surface area (Å²) in [6.45, 7) is 1.82. The molecule has 0 fully saturated rings. The molecular weight excluding hydrogens is 398 g/mol. The topological polar surface area (TPSA) is 67.9 Å². The Morgan fingerprint density at radius 2 is 1.90 bits per heavy atom. The van der Waals surface area contributed by atoms with E-state index in [0.29, 0.717) is 38.2 Å². The highest BCUT2D eigenvalue weighted by Gasteiger charge is 2.17. The number of carbonyl (C=O) groups excluding carboxylic acids is 1. The number of benzene rings is 2. The second-order valence-electron chi connectivity index (χ2n) is 6.95. The monoisotopic (exact) mass is 419 g/mol. The zero-order valence-corrected chi connectivity index (χ0v) is 18.0. The number of aromatic nitrogens is 1. The van der Waals surface area contributed by atoms with Gasteiger partial charge in [-0.2, -0.15) is 0 Å². The number of carbonyl (C=O) groups is 1. The normalized spacial score (nSPS) is 11.7. The number of hydrogen-bond acceptors (Lipinski definition) is 6. The molecule has 7 heteroatoms. The van der Waals surface area contributed by atoms with Gasteiger partial charge < -0.3 is 14.1 Å². The summed E-state index contributed by atoms with van der Waals surface area (Å²) in [6, 6.07) is 17.4. The van der Waals surface area contributed by atoms with Crippen LogP contribution in [-0.2, 0) is 0 Å². The number of rotatable bonds is 4. The van der Waals surface area contributed by atoms with Gasteiger partial charge in [-0.3, -0.25) is 4.79 Å². The summed E-state index contributed by atoms with van der Waals surface area (Å²) < 4.78 is 11.5. The second kappa shape index (κ2) is 8.12. The van der Waals surface area contributed by atoms with Crippen LogP contribution in [-0.4, -0.2) is 37.0 Å². The molecule has 0 saturated heterocycles. The first-order chi connectivity index (χ1) is 14.5. The molecule has 2 heterocycles. The van der Waals surface area contributed by atoms with Gasteiger partial charge in [-0.05, 0) is 25.1 Å². The summed E-state index contributed by atoms with van der Waals surface area (Å²) in [5.74, 6) is 1.33. The van der Waals surface area contributed by atoms with E-state index < -0.39 is 0 Å². The highest BCUT2D eigenvalue weighted by atomic mass is 32.1. The van der Waals surface area contributed by atoms with Gasteiger partial charge in [0.05, 0.1) is 18.2 Å². The Hall–Kier alpha value is -3.45. The van der Waals surface area contributed by atoms with E-state index in [1.807, 2.05) is 61.5 Å². The summed E-state index contributed by atoms with van der Waals surface area (Å²) in [7, 11) is 5.07. The van der Waals surface area contributed by atoms with Crippen LogP contribution in [0.15, 0.2) is 64.0 Å². The molecule has 4 aromatic rings. The lowest BCUT2D eigenvalue weighted by atomic mass is 10.1. The van der Waals surface area contributed by atoms with Crippen LogP contribution in [0, 0.1) is 6.92 Å². The van der Waals surface area contributed by atoms with Gasteiger partial charge in [0.1, 0.15) is 22.0 Å². The molecule has 2 aromatic heterocycles. The molecule has 30 heavy (non-hydrogen) atoms. The van der Waals surface area contributed by atoms with Crippen LogP contribution in [0.2, 0.25) is 0 Å². The number of hydrogen-bond donors (Lipinski definition) is 0. The molecule has 0 atom stereocenters. The van der Waals surface area contributed by atoms with Gasteiger partial charge in [0.25, 0.3) is 5.91 Å². The average molecular weight is 420 g/mol. The van der Waals surface area contributed by atoms with Crippen molar-refractivity contribution >= 4 is 33.3 Å². The predicted octanol–water partition coefficient (Wildman–Crippen LogP) is 4.81. The fraction of sp³-hybridized carbons (Fsp3) is 0.174. The number of ether oxygens (including phenoxy) is 1. The van der Waals surface area contributed by atoms with Crippen LogP contribution in [0.1, 0.15) is 15.4 Å². The fourth-order valence-electron chi connectivity index (χ4n) is 3.05. The van der Waals surface area contributed by atoms with E-state index in [0.717, 1.165) is 10.9 Å². The van der Waals surface area contributed by atoms with Gasteiger partial charge in [0.2, 0.25) is 5.13 Å². The van der Waals surface area contributed by atoms with Crippen molar-refractivity contribution in [1.82, 2.24) is 9.88 Å². The van der Waals surface area contributed by atoms with E-state index in [1.165, 1.54) is 11.3 Å². The van der Waals surface area contributed by atoms with Gasteiger partial charge in [-0.15, -0.1) is 0 Å². The fourth-order valence-corrected chi connectivity index (χ4v) is 4.02. The summed E-state index contributed by atoms with van der Waals surface area (Å²) in [4.78, 5) is 23.8. The van der Waals surface area contributed by atoms with Crippen molar-refractivity contribution in [3.63, 3.8) is 0 Å². The minimum Gasteiger partial charge on any atom is -0.497 e. The third-order valence-electron chi connectivity index (χ3n) is 4.61. The summed E-state index contributed by atoms with van der Waals surface area (Å²) in [5.41, 5.74) is 2.31. The van der Waals surface area contributed by atoms with Gasteiger partial charge in [0, 0.05) is 31.1 Å². The lowest BCUT2D eigenvalue weighted by molar-refractivity contribution is 0.0831. The maximum absolute atomic E-state index is 12.4. The highest BCUT2D eigenvalue weighted by Crippen LogP contribution is 2.28. The van der Waals surface area contributed by atoms with E-state index in [4.69, 9.17) is 14.1 Å². The number of thiazole rings is 1. The molecule has 0 aliphatic rings. The van der Waals surface area contributed by atoms with Gasteiger partial charge in [0.15, 0.2) is 0 Å². The number of fused-ring (bicyclic) bond motifs is 1. The standard InChI is InChI=1S/C23H21N3O3S/c1-14-21(22(27)26(2)3)30-23(24-14)25-18-13-20(15-8-6-5-7-9-15)29-19-11-10-16(28-4)12-17(18)19/h5-13H,1-4H3. The van der Waals surface area contributed by atoms with Crippen molar-refractivity contribution in [3.8, 4) is 17.1 Å². The molecule has 0 N–H and O–H groups in total. The number of amides is 1. The molecule has 0 unspecified atom stereocenters. The Morgan fingerprint density at radius 3 is 2.60 bits per heavy atom. The first-order valence-electron chi connectivity index (χ1n) is 9.37. The molecule has 1 amide bonds. The molecule has 0 bridgehead atoms. The zero-order chi connectivity index (χ0) is 21.3. The highest BCUT2D eigenvalue weighted by molar-refractivity contribution is 7.17. The predicted molar refractivity (Wildman–Crippen MR) is 118 cm³/mol. The first kappa shape index (κ1) is 19.8. The van der Waals surface area contributed by atoms with Crippen molar-refractivity contribution in [3.05, 3.63) is 70.5 Å². The smallest absolute Gasteiger partial charge is 0.265 e. The largest absolute Gasteiger partial charge is 0.497 e. The van der Waals surface area contributed by atoms with Crippen LogP contribution in [0.25, 0.3) is 22.3 Å². The molecule has 0 spiro atoms. The lowest BCUT2D eigenvalue weighted by Crippen LogP contribution is -2.21. The van der Waals surface area contributed by atoms with Gasteiger partial charge >= 0.3 is 0 Å². The molecule has 6 nitrogen and oxygen atoms in total. The summed E-state index contributed by atoms with van der Waals surface area (Å²) in [5, 5.41) is 2.03. The lowest BCUT2D eigenvalue weighted by Gasteiger charge is -2.07. The number of aryl methyl sites for hydroxylation is 1. The van der Waals surface area contributed by atoms with Crippen molar-refractivity contribution in [2.24, 2.45) is 4.99 Å². The van der Waals surface area contributed by atoms with Crippen molar-refractivity contribution < 1.29 is 13.9 Å². The Labute approximate surface area is 178 Å². The van der Waals surface area contributed by atoms with Crippen LogP contribution >= 0.6 is 11.3 Å². The minimum absolute atomic E-state index is 0.0778. The molecule has 152 valence electrons. The minimum atomic E-state index is -0.0778. The van der Waals surface area contributed by atoms with E-state index in [2.05, 4.69) is 4.98 Å². The van der Waals surface area contributed by atoms with E-state index in [9.17, 15) is 4.79 Å². The van der Waals surface area contributed by atoms with E-state index >= 15 is 0 Å². The van der Waals surface area contributed by atoms with E-state index in [1.54, 1.807) is 26.1 Å². The number of nitrogens with zero attached hydrogens (tertiary/aromatic N) is 3. The van der Waals surface area contributed by atoms with Crippen LogP contribution in [0.3, 0.4) is 0 Å². The van der Waals surface area contributed by atoms with Crippen LogP contribution in [0.4, 0.5) is 5.13 Å². The van der Waals surface area contributed by atoms with Gasteiger partial charge in [-0.25, -0.2) is 9.98 Å². The third-order valence-corrected chi connectivity index (χ3v) is 5.65. The Bertz CT molecular complexity index is 1290. The van der Waals surface area contributed by atoms with Gasteiger partial charge in [-0.1, -0.05) is 41.7 Å². The number of methoxy groups -OCH3 is 1. The summed E-state index contributed by atoms with van der Waals surface area (Å²) >= 11 is 1.28. The van der Waals surface area contributed by atoms with Crippen molar-refractivity contribution in [2.75, 3.05) is 21.2 Å². The first-order valence-corrected chi connectivity index (χ1v) is 10.2. The van der Waals surface area contributed by atoms with Crippen molar-refractivity contribution in [1.29, 1.82) is 0 Å². The molecule has 0 saturated carbocycles.